The van der Waals surface area contributed by atoms with E-state index in [4.69, 9.17) is 0 Å². The fourth-order valence-corrected chi connectivity index (χ4v) is 7.45. The Bertz CT molecular complexity index is 839. The van der Waals surface area contributed by atoms with E-state index in [1.54, 1.807) is 16.7 Å². The molecular formula is C28H40. The van der Waals surface area contributed by atoms with Gasteiger partial charge in [-0.1, -0.05) is 102 Å². The molecular weight excluding hydrogens is 336 g/mol. The molecule has 0 nitrogen and oxygen atoms in total. The minimum atomic E-state index is 0.163. The van der Waals surface area contributed by atoms with Crippen LogP contribution in [0.25, 0.3) is 0 Å². The summed E-state index contributed by atoms with van der Waals surface area (Å²) in [7, 11) is 0. The van der Waals surface area contributed by atoms with Crippen LogP contribution in [0.5, 0.6) is 0 Å². The minimum Gasteiger partial charge on any atom is -0.0958 e. The average molecular weight is 377 g/mol. The van der Waals surface area contributed by atoms with Gasteiger partial charge >= 0.3 is 0 Å². The first kappa shape index (κ1) is 20.0. The molecule has 1 saturated carbocycles. The van der Waals surface area contributed by atoms with Crippen LogP contribution in [0.4, 0.5) is 0 Å². The Hall–Kier alpha value is -1.30. The van der Waals surface area contributed by atoms with Crippen molar-refractivity contribution in [3.8, 4) is 0 Å². The van der Waals surface area contributed by atoms with Gasteiger partial charge in [0.25, 0.3) is 0 Å². The van der Waals surface area contributed by atoms with Gasteiger partial charge in [-0.05, 0) is 65.8 Å². The van der Waals surface area contributed by atoms with Gasteiger partial charge in [-0.15, -0.1) is 0 Å². The van der Waals surface area contributed by atoms with Crippen LogP contribution in [0.2, 0.25) is 0 Å². The molecule has 1 fully saturated rings. The van der Waals surface area contributed by atoms with Gasteiger partial charge in [0.15, 0.2) is 0 Å². The zero-order valence-corrected chi connectivity index (χ0v) is 19.3. The molecule has 4 aliphatic carbocycles. The number of hydrogen-bond donors (Lipinski definition) is 0. The second-order valence-electron chi connectivity index (χ2n) is 11.6. The summed E-state index contributed by atoms with van der Waals surface area (Å²) in [5.41, 5.74) is 8.46. The number of hydrogen-bond acceptors (Lipinski definition) is 0. The molecule has 28 heavy (non-hydrogen) atoms. The summed E-state index contributed by atoms with van der Waals surface area (Å²) in [6, 6.07) is 0. The lowest BCUT2D eigenvalue weighted by atomic mass is 9.38. The van der Waals surface area contributed by atoms with Gasteiger partial charge in [-0.2, -0.15) is 0 Å². The van der Waals surface area contributed by atoms with Crippen molar-refractivity contribution in [3.05, 3.63) is 59.3 Å². The maximum Gasteiger partial charge on any atom is 0.0107 e. The molecule has 0 radical (unpaired) electrons. The lowest BCUT2D eigenvalue weighted by Crippen LogP contribution is -2.58. The van der Waals surface area contributed by atoms with Gasteiger partial charge in [0.05, 0.1) is 0 Å². The van der Waals surface area contributed by atoms with E-state index in [9.17, 15) is 0 Å². The third-order valence-corrected chi connectivity index (χ3v) is 9.89. The molecule has 4 atom stereocenters. The molecule has 0 N–H and O–H groups in total. The Morgan fingerprint density at radius 2 is 1.79 bits per heavy atom. The predicted octanol–water partition coefficient (Wildman–Crippen LogP) is 8.20. The van der Waals surface area contributed by atoms with Crippen LogP contribution in [0.15, 0.2) is 59.3 Å². The summed E-state index contributed by atoms with van der Waals surface area (Å²) < 4.78 is 0. The first-order valence-corrected chi connectivity index (χ1v) is 11.4. The molecule has 0 amide bonds. The Morgan fingerprint density at radius 3 is 2.43 bits per heavy atom. The van der Waals surface area contributed by atoms with Crippen LogP contribution in [0, 0.1) is 33.5 Å². The Labute approximate surface area is 173 Å². The van der Waals surface area contributed by atoms with E-state index in [-0.39, 0.29) is 21.7 Å². The maximum absolute atomic E-state index is 4.44. The predicted molar refractivity (Wildman–Crippen MR) is 122 cm³/mol. The Morgan fingerprint density at radius 1 is 1.11 bits per heavy atom. The van der Waals surface area contributed by atoms with Gasteiger partial charge in [0.1, 0.15) is 0 Å². The van der Waals surface area contributed by atoms with Gasteiger partial charge in [0.2, 0.25) is 0 Å². The second-order valence-corrected chi connectivity index (χ2v) is 11.6. The van der Waals surface area contributed by atoms with Crippen LogP contribution >= 0.6 is 0 Å². The largest absolute Gasteiger partial charge is 0.0958 e. The Balaban J connectivity index is 1.91. The molecule has 4 aliphatic rings. The van der Waals surface area contributed by atoms with Crippen molar-refractivity contribution in [1.82, 2.24) is 0 Å². The van der Waals surface area contributed by atoms with E-state index in [1.165, 1.54) is 30.4 Å². The summed E-state index contributed by atoms with van der Waals surface area (Å²) in [5.74, 6) is 1.33. The van der Waals surface area contributed by atoms with Gasteiger partial charge in [-0.3, -0.25) is 0 Å². The van der Waals surface area contributed by atoms with Crippen LogP contribution in [-0.4, -0.2) is 0 Å². The minimum absolute atomic E-state index is 0.163. The molecule has 2 unspecified atom stereocenters. The van der Waals surface area contributed by atoms with E-state index in [0.717, 1.165) is 12.8 Å². The highest BCUT2D eigenvalue weighted by Crippen LogP contribution is 2.73. The maximum atomic E-state index is 4.44. The van der Waals surface area contributed by atoms with Gasteiger partial charge < -0.3 is 0 Å². The monoisotopic (exact) mass is 376 g/mol. The fourth-order valence-electron chi connectivity index (χ4n) is 7.45. The standard InChI is InChI=1S/C28H40/c1-10-19(3)20-11-12-21-24-22(14-16-27(20,21)8)28(9)15-13-18(2)17-23(28)25(4,5)26(24,6)7/h11,14,17,21,24H,2-3,10,12-13,15-16H2,1,4-9H3/t21?,24?,27-,28-/m1/s1. The molecule has 152 valence electrons. The number of allylic oxidation sites excluding steroid dienone is 8. The normalized spacial score (nSPS) is 40.5. The first-order valence-electron chi connectivity index (χ1n) is 11.4. The molecule has 0 spiro atoms. The van der Waals surface area contributed by atoms with Crippen molar-refractivity contribution in [2.24, 2.45) is 33.5 Å². The average Bonchev–Trinajstić information content (AvgIpc) is 2.98. The summed E-state index contributed by atoms with van der Waals surface area (Å²) in [6.45, 7) is 26.2. The van der Waals surface area contributed by atoms with Crippen molar-refractivity contribution in [2.75, 3.05) is 0 Å². The van der Waals surface area contributed by atoms with E-state index in [0.29, 0.717) is 11.8 Å². The van der Waals surface area contributed by atoms with Crippen molar-refractivity contribution in [3.63, 3.8) is 0 Å². The SMILES string of the molecule is C=C1C=C2C(C)(C)C(C)(C)C3C(=CC[C@]4(C)C(C(=C)CC)=CCC34)[C@@]2(C)CC1. The van der Waals surface area contributed by atoms with E-state index in [2.05, 4.69) is 79.9 Å². The quantitative estimate of drug-likeness (QED) is 0.426. The molecule has 0 saturated heterocycles. The topological polar surface area (TPSA) is 0 Å². The van der Waals surface area contributed by atoms with Crippen molar-refractivity contribution in [1.29, 1.82) is 0 Å². The van der Waals surface area contributed by atoms with E-state index < -0.39 is 0 Å². The third kappa shape index (κ3) is 2.24. The molecule has 0 heterocycles. The lowest BCUT2D eigenvalue weighted by Gasteiger charge is -2.66. The van der Waals surface area contributed by atoms with Crippen LogP contribution in [0.3, 0.4) is 0 Å². The lowest BCUT2D eigenvalue weighted by molar-refractivity contribution is -0.0331. The van der Waals surface area contributed by atoms with E-state index >= 15 is 0 Å². The highest BCUT2D eigenvalue weighted by atomic mass is 14.7. The fraction of sp³-hybridized carbons (Fsp3) is 0.643. The zero-order valence-electron chi connectivity index (χ0n) is 19.3. The number of rotatable bonds is 2. The van der Waals surface area contributed by atoms with Crippen LogP contribution < -0.4 is 0 Å². The second kappa shape index (κ2) is 5.87. The molecule has 0 bridgehead atoms. The molecule has 0 aliphatic heterocycles. The van der Waals surface area contributed by atoms with Crippen molar-refractivity contribution in [2.45, 2.75) is 80.6 Å². The van der Waals surface area contributed by atoms with Crippen molar-refractivity contribution < 1.29 is 0 Å². The molecule has 0 aromatic carbocycles. The first-order chi connectivity index (χ1) is 12.9. The smallest absolute Gasteiger partial charge is 0.0107 e. The van der Waals surface area contributed by atoms with Gasteiger partial charge in [-0.25, -0.2) is 0 Å². The number of fused-ring (bicyclic) bond motifs is 5. The van der Waals surface area contributed by atoms with E-state index in [1.807, 2.05) is 0 Å². The molecule has 0 heteroatoms. The van der Waals surface area contributed by atoms with Crippen molar-refractivity contribution >= 4 is 0 Å². The summed E-state index contributed by atoms with van der Waals surface area (Å²) in [6.07, 6.45) is 13.5. The summed E-state index contributed by atoms with van der Waals surface area (Å²) >= 11 is 0. The van der Waals surface area contributed by atoms with Gasteiger partial charge in [0, 0.05) is 5.41 Å². The third-order valence-electron chi connectivity index (χ3n) is 9.89. The summed E-state index contributed by atoms with van der Waals surface area (Å²) in [4.78, 5) is 0. The zero-order chi connectivity index (χ0) is 20.7. The molecule has 0 aromatic heterocycles. The molecule has 4 rings (SSSR count). The Kier molecular flexibility index (Phi) is 4.19. The summed E-state index contributed by atoms with van der Waals surface area (Å²) in [5, 5.41) is 0. The van der Waals surface area contributed by atoms with Crippen LogP contribution in [0.1, 0.15) is 80.6 Å². The molecule has 0 aromatic rings. The van der Waals surface area contributed by atoms with Crippen LogP contribution in [-0.2, 0) is 0 Å². The highest BCUT2D eigenvalue weighted by molar-refractivity contribution is 5.51. The highest BCUT2D eigenvalue weighted by Gasteiger charge is 2.64.